The van der Waals surface area contributed by atoms with Crippen LogP contribution < -0.4 is 10.6 Å². The summed E-state index contributed by atoms with van der Waals surface area (Å²) in [6.45, 7) is 3.03. The van der Waals surface area contributed by atoms with Crippen molar-refractivity contribution < 1.29 is 18.0 Å². The number of amides is 1. The summed E-state index contributed by atoms with van der Waals surface area (Å²) in [6, 6.07) is -0.419. The summed E-state index contributed by atoms with van der Waals surface area (Å²) in [5.74, 6) is -1.76. The van der Waals surface area contributed by atoms with E-state index in [2.05, 4.69) is 5.32 Å². The average Bonchev–Trinajstić information content (AvgIpc) is 2.07. The Morgan fingerprint density at radius 2 is 2.07 bits per heavy atom. The first kappa shape index (κ1) is 14.5. The number of carbonyl (C=O) groups excluding carboxylic acids is 1. The van der Waals surface area contributed by atoms with Crippen molar-refractivity contribution in [1.29, 1.82) is 0 Å². The predicted octanol–water partition coefficient (Wildman–Crippen LogP) is 1.08. The van der Waals surface area contributed by atoms with E-state index in [1.54, 1.807) is 0 Å². The molecule has 0 saturated carbocycles. The van der Waals surface area contributed by atoms with E-state index in [1.165, 1.54) is 0 Å². The van der Waals surface area contributed by atoms with Gasteiger partial charge in [0, 0.05) is 12.6 Å². The molecule has 1 fully saturated rings. The molecule has 0 spiro atoms. The number of carbonyl (C=O) groups is 1. The van der Waals surface area contributed by atoms with Gasteiger partial charge in [-0.3, -0.25) is 4.79 Å². The van der Waals surface area contributed by atoms with Crippen molar-refractivity contribution in [3.63, 3.8) is 0 Å². The Morgan fingerprint density at radius 3 is 2.53 bits per heavy atom. The minimum absolute atomic E-state index is 0. The fourth-order valence-corrected chi connectivity index (χ4v) is 1.43. The van der Waals surface area contributed by atoms with Gasteiger partial charge in [-0.05, 0) is 18.9 Å². The largest absolute Gasteiger partial charge is 0.471 e. The zero-order valence-corrected chi connectivity index (χ0v) is 9.04. The van der Waals surface area contributed by atoms with Crippen LogP contribution in [0.15, 0.2) is 0 Å². The Bertz CT molecular complexity index is 222. The lowest BCUT2D eigenvalue weighted by molar-refractivity contribution is -0.174. The van der Waals surface area contributed by atoms with Gasteiger partial charge in [0.05, 0.1) is 0 Å². The van der Waals surface area contributed by atoms with Crippen molar-refractivity contribution in [2.75, 3.05) is 13.1 Å². The SMILES string of the molecule is C[C@@H]1CCNC[C@@H]1NC(=O)C(F)(F)F.Cl. The molecular weight excluding hydrogens is 233 g/mol. The van der Waals surface area contributed by atoms with Gasteiger partial charge in [-0.2, -0.15) is 13.2 Å². The number of halogens is 4. The highest BCUT2D eigenvalue weighted by molar-refractivity contribution is 5.85. The van der Waals surface area contributed by atoms with Crippen LogP contribution in [0.4, 0.5) is 13.2 Å². The van der Waals surface area contributed by atoms with Crippen molar-refractivity contribution in [3.05, 3.63) is 0 Å². The van der Waals surface area contributed by atoms with Gasteiger partial charge in [-0.15, -0.1) is 12.4 Å². The molecule has 1 saturated heterocycles. The van der Waals surface area contributed by atoms with Crippen molar-refractivity contribution in [1.82, 2.24) is 10.6 Å². The molecule has 3 nitrogen and oxygen atoms in total. The fraction of sp³-hybridized carbons (Fsp3) is 0.875. The Kier molecular flexibility index (Phi) is 5.37. The highest BCUT2D eigenvalue weighted by atomic mass is 35.5. The molecule has 0 aromatic heterocycles. The number of hydrogen-bond acceptors (Lipinski definition) is 2. The third kappa shape index (κ3) is 4.25. The van der Waals surface area contributed by atoms with E-state index in [-0.39, 0.29) is 18.3 Å². The quantitative estimate of drug-likeness (QED) is 0.727. The molecule has 1 rings (SSSR count). The number of piperidine rings is 1. The van der Waals surface area contributed by atoms with Gasteiger partial charge in [0.15, 0.2) is 0 Å². The first-order chi connectivity index (χ1) is 6.41. The summed E-state index contributed by atoms with van der Waals surface area (Å²) >= 11 is 0. The maximum atomic E-state index is 11.9. The molecular formula is C8H14ClF3N2O. The summed E-state index contributed by atoms with van der Waals surface area (Å²) in [7, 11) is 0. The second-order valence-corrected chi connectivity index (χ2v) is 3.55. The highest BCUT2D eigenvalue weighted by Gasteiger charge is 2.40. The summed E-state index contributed by atoms with van der Waals surface area (Å²) < 4.78 is 35.7. The van der Waals surface area contributed by atoms with E-state index in [9.17, 15) is 18.0 Å². The van der Waals surface area contributed by atoms with Crippen LogP contribution in [0.3, 0.4) is 0 Å². The molecule has 0 radical (unpaired) electrons. The molecule has 0 bridgehead atoms. The third-order valence-corrected chi connectivity index (χ3v) is 2.40. The van der Waals surface area contributed by atoms with E-state index in [4.69, 9.17) is 0 Å². The van der Waals surface area contributed by atoms with Crippen LogP contribution in [0.5, 0.6) is 0 Å². The summed E-state index contributed by atoms with van der Waals surface area (Å²) in [6.07, 6.45) is -4.00. The molecule has 0 aromatic carbocycles. The zero-order valence-electron chi connectivity index (χ0n) is 8.23. The van der Waals surface area contributed by atoms with Gasteiger partial charge < -0.3 is 10.6 Å². The molecule has 0 aliphatic carbocycles. The van der Waals surface area contributed by atoms with E-state index in [0.29, 0.717) is 6.54 Å². The smallest absolute Gasteiger partial charge is 0.344 e. The molecule has 90 valence electrons. The van der Waals surface area contributed by atoms with E-state index < -0.39 is 18.1 Å². The van der Waals surface area contributed by atoms with Gasteiger partial charge in [-0.1, -0.05) is 6.92 Å². The molecule has 1 aliphatic heterocycles. The molecule has 0 unspecified atom stereocenters. The monoisotopic (exact) mass is 246 g/mol. The number of alkyl halides is 3. The first-order valence-corrected chi connectivity index (χ1v) is 4.49. The summed E-state index contributed by atoms with van der Waals surface area (Å²) in [5.41, 5.74) is 0. The fourth-order valence-electron chi connectivity index (χ4n) is 1.43. The first-order valence-electron chi connectivity index (χ1n) is 4.49. The standard InChI is InChI=1S/C8H13F3N2O.ClH/c1-5-2-3-12-4-6(5)13-7(14)8(9,10)11;/h5-6,12H,2-4H2,1H3,(H,13,14);1H/t5-,6+;/m1./s1. The molecule has 2 N–H and O–H groups in total. The van der Waals surface area contributed by atoms with E-state index in [0.717, 1.165) is 13.0 Å². The Hall–Kier alpha value is -0.490. The van der Waals surface area contributed by atoms with Crippen LogP contribution >= 0.6 is 12.4 Å². The molecule has 1 amide bonds. The van der Waals surface area contributed by atoms with E-state index in [1.807, 2.05) is 12.2 Å². The second kappa shape index (κ2) is 5.55. The van der Waals surface area contributed by atoms with Crippen LogP contribution in [-0.4, -0.2) is 31.2 Å². The Morgan fingerprint density at radius 1 is 1.47 bits per heavy atom. The number of hydrogen-bond donors (Lipinski definition) is 2. The van der Waals surface area contributed by atoms with Crippen LogP contribution in [-0.2, 0) is 4.79 Å². The lowest BCUT2D eigenvalue weighted by Crippen LogP contribution is -2.53. The molecule has 2 atom stereocenters. The number of rotatable bonds is 1. The predicted molar refractivity (Wildman–Crippen MR) is 51.9 cm³/mol. The van der Waals surface area contributed by atoms with Gasteiger partial charge in [0.1, 0.15) is 0 Å². The number of nitrogens with one attached hydrogen (secondary N) is 2. The van der Waals surface area contributed by atoms with Crippen molar-refractivity contribution >= 4 is 18.3 Å². The summed E-state index contributed by atoms with van der Waals surface area (Å²) in [4.78, 5) is 10.6. The van der Waals surface area contributed by atoms with Crippen LogP contribution in [0.25, 0.3) is 0 Å². The molecule has 0 aromatic rings. The third-order valence-electron chi connectivity index (χ3n) is 2.40. The minimum atomic E-state index is -4.78. The lowest BCUT2D eigenvalue weighted by Gasteiger charge is -2.30. The highest BCUT2D eigenvalue weighted by Crippen LogP contribution is 2.17. The maximum absolute atomic E-state index is 11.9. The van der Waals surface area contributed by atoms with Crippen LogP contribution in [0.2, 0.25) is 0 Å². The van der Waals surface area contributed by atoms with Crippen molar-refractivity contribution in [2.24, 2.45) is 5.92 Å². The summed E-state index contributed by atoms with van der Waals surface area (Å²) in [5, 5.41) is 4.92. The van der Waals surface area contributed by atoms with Crippen molar-refractivity contribution in [2.45, 2.75) is 25.6 Å². The Balaban J connectivity index is 0.00000196. The van der Waals surface area contributed by atoms with Crippen LogP contribution in [0.1, 0.15) is 13.3 Å². The zero-order chi connectivity index (χ0) is 10.8. The molecule has 1 heterocycles. The Labute approximate surface area is 92.2 Å². The average molecular weight is 247 g/mol. The minimum Gasteiger partial charge on any atom is -0.344 e. The topological polar surface area (TPSA) is 41.1 Å². The van der Waals surface area contributed by atoms with Gasteiger partial charge >= 0.3 is 12.1 Å². The maximum Gasteiger partial charge on any atom is 0.471 e. The van der Waals surface area contributed by atoms with Crippen LogP contribution in [0, 0.1) is 5.92 Å². The molecule has 15 heavy (non-hydrogen) atoms. The molecule has 1 aliphatic rings. The molecule has 7 heteroatoms. The van der Waals surface area contributed by atoms with Gasteiger partial charge in [0.2, 0.25) is 0 Å². The second-order valence-electron chi connectivity index (χ2n) is 3.55. The van der Waals surface area contributed by atoms with Crippen molar-refractivity contribution in [3.8, 4) is 0 Å². The van der Waals surface area contributed by atoms with Gasteiger partial charge in [-0.25, -0.2) is 0 Å². The lowest BCUT2D eigenvalue weighted by atomic mass is 9.95. The van der Waals surface area contributed by atoms with Gasteiger partial charge in [0.25, 0.3) is 0 Å². The normalized spacial score (nSPS) is 26.7. The van der Waals surface area contributed by atoms with E-state index >= 15 is 0 Å².